The maximum atomic E-state index is 12.9. The minimum absolute atomic E-state index is 0.0625. The number of benzene rings is 1. The summed E-state index contributed by atoms with van der Waals surface area (Å²) in [6, 6.07) is 10.6. The van der Waals surface area contributed by atoms with Crippen LogP contribution >= 0.6 is 11.6 Å². The van der Waals surface area contributed by atoms with E-state index in [-0.39, 0.29) is 24.6 Å². The molecule has 1 unspecified atom stereocenters. The average Bonchev–Trinajstić information content (AvgIpc) is 3.15. The van der Waals surface area contributed by atoms with E-state index < -0.39 is 0 Å². The van der Waals surface area contributed by atoms with Gasteiger partial charge in [-0.05, 0) is 43.2 Å². The first-order valence-electron chi connectivity index (χ1n) is 10.7. The molecule has 170 valence electrons. The molecular weight excluding hydrogens is 432 g/mol. The standard InChI is InChI=1S/C22H27ClN6O3/c1-26(2)19-9-10-20(25-24-19)32-18-4-3-11-27(14-18)21(30)15-28-12-13-29(22(28)31)17-7-5-16(23)6-8-17/h5-10,18H,3-4,11-15H2,1-2H3. The number of carbonyl (C=O) groups excluding carboxylic acids is 2. The number of aromatic nitrogens is 2. The van der Waals surface area contributed by atoms with E-state index in [1.54, 1.807) is 32.9 Å². The summed E-state index contributed by atoms with van der Waals surface area (Å²) in [7, 11) is 3.80. The number of hydrogen-bond donors (Lipinski definition) is 0. The third-order valence-electron chi connectivity index (χ3n) is 5.66. The maximum Gasteiger partial charge on any atom is 0.325 e. The van der Waals surface area contributed by atoms with Crippen LogP contribution < -0.4 is 14.5 Å². The van der Waals surface area contributed by atoms with Crippen molar-refractivity contribution in [2.45, 2.75) is 18.9 Å². The molecule has 0 radical (unpaired) electrons. The van der Waals surface area contributed by atoms with Crippen molar-refractivity contribution in [3.8, 4) is 5.88 Å². The molecule has 0 aliphatic carbocycles. The predicted octanol–water partition coefficient (Wildman–Crippen LogP) is 2.51. The fraction of sp³-hybridized carbons (Fsp3) is 0.455. The normalized spacial score (nSPS) is 18.8. The number of piperidine rings is 1. The van der Waals surface area contributed by atoms with Crippen molar-refractivity contribution in [2.75, 3.05) is 56.6 Å². The molecule has 2 saturated heterocycles. The number of hydrogen-bond acceptors (Lipinski definition) is 6. The van der Waals surface area contributed by atoms with Crippen molar-refractivity contribution >= 4 is 35.0 Å². The van der Waals surface area contributed by atoms with Crippen LogP contribution in [0.3, 0.4) is 0 Å². The van der Waals surface area contributed by atoms with Crippen LogP contribution in [0.15, 0.2) is 36.4 Å². The van der Waals surface area contributed by atoms with Crippen LogP contribution in [0.5, 0.6) is 5.88 Å². The average molecular weight is 459 g/mol. The fourth-order valence-electron chi connectivity index (χ4n) is 3.90. The van der Waals surface area contributed by atoms with Gasteiger partial charge in [0.25, 0.3) is 0 Å². The lowest BCUT2D eigenvalue weighted by Gasteiger charge is -2.33. The van der Waals surface area contributed by atoms with Gasteiger partial charge in [-0.15, -0.1) is 10.2 Å². The van der Waals surface area contributed by atoms with Gasteiger partial charge in [0.05, 0.1) is 6.54 Å². The van der Waals surface area contributed by atoms with Crippen molar-refractivity contribution in [1.82, 2.24) is 20.0 Å². The molecule has 0 N–H and O–H groups in total. The molecule has 3 heterocycles. The van der Waals surface area contributed by atoms with Gasteiger partial charge in [-0.1, -0.05) is 11.6 Å². The third kappa shape index (κ3) is 5.04. The molecule has 4 rings (SSSR count). The molecule has 3 amide bonds. The van der Waals surface area contributed by atoms with Crippen LogP contribution in [0, 0.1) is 0 Å². The highest BCUT2D eigenvalue weighted by Crippen LogP contribution is 2.23. The molecule has 0 saturated carbocycles. The fourth-order valence-corrected chi connectivity index (χ4v) is 4.03. The molecule has 2 aliphatic heterocycles. The molecule has 2 aliphatic rings. The molecule has 10 heteroatoms. The zero-order chi connectivity index (χ0) is 22.7. The number of carbonyl (C=O) groups is 2. The van der Waals surface area contributed by atoms with E-state index in [2.05, 4.69) is 10.2 Å². The summed E-state index contributed by atoms with van der Waals surface area (Å²) in [5.41, 5.74) is 0.780. The second-order valence-electron chi connectivity index (χ2n) is 8.18. The third-order valence-corrected chi connectivity index (χ3v) is 5.91. The number of rotatable bonds is 6. The Labute approximate surface area is 192 Å². The van der Waals surface area contributed by atoms with E-state index in [0.717, 1.165) is 24.3 Å². The molecule has 0 spiro atoms. The van der Waals surface area contributed by atoms with Crippen LogP contribution in [0.4, 0.5) is 16.3 Å². The number of likely N-dealkylation sites (tertiary alicyclic amines) is 1. The second kappa shape index (κ2) is 9.60. The molecule has 0 bridgehead atoms. The SMILES string of the molecule is CN(C)c1ccc(OC2CCCN(C(=O)CN3CCN(c4ccc(Cl)cc4)C3=O)C2)nn1. The largest absolute Gasteiger partial charge is 0.471 e. The van der Waals surface area contributed by atoms with Crippen molar-refractivity contribution < 1.29 is 14.3 Å². The highest BCUT2D eigenvalue weighted by Gasteiger charge is 2.33. The first kappa shape index (κ1) is 22.1. The van der Waals surface area contributed by atoms with Gasteiger partial charge < -0.3 is 19.4 Å². The predicted molar refractivity (Wildman–Crippen MR) is 122 cm³/mol. The molecule has 2 fully saturated rings. The Morgan fingerprint density at radius 3 is 2.59 bits per heavy atom. The second-order valence-corrected chi connectivity index (χ2v) is 8.61. The van der Waals surface area contributed by atoms with Crippen LogP contribution in [-0.4, -0.2) is 84.9 Å². The van der Waals surface area contributed by atoms with Gasteiger partial charge >= 0.3 is 6.03 Å². The Morgan fingerprint density at radius 2 is 1.91 bits per heavy atom. The summed E-state index contributed by atoms with van der Waals surface area (Å²) in [6.45, 7) is 2.24. The summed E-state index contributed by atoms with van der Waals surface area (Å²) in [6.07, 6.45) is 1.53. The Hall–Kier alpha value is -3.07. The summed E-state index contributed by atoms with van der Waals surface area (Å²) in [5, 5.41) is 8.86. The lowest BCUT2D eigenvalue weighted by atomic mass is 10.1. The summed E-state index contributed by atoms with van der Waals surface area (Å²) < 4.78 is 5.96. The number of nitrogens with zero attached hydrogens (tertiary/aromatic N) is 6. The van der Waals surface area contributed by atoms with Gasteiger partial charge in [0.15, 0.2) is 5.82 Å². The van der Waals surface area contributed by atoms with Crippen LogP contribution in [0.2, 0.25) is 5.02 Å². The number of urea groups is 1. The molecule has 1 aromatic carbocycles. The van der Waals surface area contributed by atoms with Crippen molar-refractivity contribution in [3.05, 3.63) is 41.4 Å². The molecule has 32 heavy (non-hydrogen) atoms. The Morgan fingerprint density at radius 1 is 1.12 bits per heavy atom. The number of ether oxygens (including phenoxy) is 1. The summed E-state index contributed by atoms with van der Waals surface area (Å²) in [4.78, 5) is 32.6. The zero-order valence-corrected chi connectivity index (χ0v) is 19.0. The zero-order valence-electron chi connectivity index (χ0n) is 18.3. The summed E-state index contributed by atoms with van der Waals surface area (Å²) in [5.74, 6) is 1.13. The van der Waals surface area contributed by atoms with Crippen molar-refractivity contribution in [3.63, 3.8) is 0 Å². The van der Waals surface area contributed by atoms with E-state index in [1.807, 2.05) is 37.2 Å². The minimum Gasteiger partial charge on any atom is -0.471 e. The quantitative estimate of drug-likeness (QED) is 0.661. The Kier molecular flexibility index (Phi) is 6.64. The smallest absolute Gasteiger partial charge is 0.325 e. The van der Waals surface area contributed by atoms with Gasteiger partial charge in [0, 0.05) is 50.5 Å². The molecule has 2 aromatic rings. The van der Waals surface area contributed by atoms with E-state index >= 15 is 0 Å². The lowest BCUT2D eigenvalue weighted by molar-refractivity contribution is -0.134. The number of amides is 3. The molecule has 9 nitrogen and oxygen atoms in total. The van der Waals surface area contributed by atoms with Gasteiger partial charge in [-0.25, -0.2) is 4.79 Å². The van der Waals surface area contributed by atoms with Crippen molar-refractivity contribution in [1.29, 1.82) is 0 Å². The number of anilines is 2. The molecule has 1 aromatic heterocycles. The Bertz CT molecular complexity index is 953. The first-order valence-corrected chi connectivity index (χ1v) is 11.1. The van der Waals surface area contributed by atoms with Crippen LogP contribution in [0.1, 0.15) is 12.8 Å². The van der Waals surface area contributed by atoms with Crippen molar-refractivity contribution in [2.24, 2.45) is 0 Å². The minimum atomic E-state index is -0.165. The Balaban J connectivity index is 1.31. The maximum absolute atomic E-state index is 12.9. The molecular formula is C22H27ClN6O3. The van der Waals surface area contributed by atoms with Gasteiger partial charge in [-0.2, -0.15) is 0 Å². The first-order chi connectivity index (χ1) is 15.4. The van der Waals surface area contributed by atoms with Gasteiger partial charge in [0.2, 0.25) is 11.8 Å². The summed E-state index contributed by atoms with van der Waals surface area (Å²) >= 11 is 5.94. The van der Waals surface area contributed by atoms with Crippen LogP contribution in [0.25, 0.3) is 0 Å². The topological polar surface area (TPSA) is 82.1 Å². The monoisotopic (exact) mass is 458 g/mol. The van der Waals surface area contributed by atoms with E-state index in [0.29, 0.717) is 37.1 Å². The van der Waals surface area contributed by atoms with E-state index in [9.17, 15) is 9.59 Å². The van der Waals surface area contributed by atoms with E-state index in [4.69, 9.17) is 16.3 Å². The lowest BCUT2D eigenvalue weighted by Crippen LogP contribution is -2.48. The van der Waals surface area contributed by atoms with Gasteiger partial charge in [-0.3, -0.25) is 9.69 Å². The van der Waals surface area contributed by atoms with Crippen LogP contribution in [-0.2, 0) is 4.79 Å². The highest BCUT2D eigenvalue weighted by atomic mass is 35.5. The molecule has 1 atom stereocenters. The van der Waals surface area contributed by atoms with E-state index in [1.165, 1.54) is 0 Å². The number of halogens is 1. The highest BCUT2D eigenvalue weighted by molar-refractivity contribution is 6.30. The van der Waals surface area contributed by atoms with Gasteiger partial charge in [0.1, 0.15) is 12.6 Å².